The van der Waals surface area contributed by atoms with Crippen molar-refractivity contribution in [2.24, 2.45) is 12.5 Å². The fourth-order valence-electron chi connectivity index (χ4n) is 5.57. The molecule has 34 heavy (non-hydrogen) atoms. The SMILES string of the molecule is C=CC(=O)N1CCC2(CC=C(c3c(-c4ccc(NC)nc4)c4c(N)ncnc4n3C)CC2)CC1. The molecule has 0 bridgehead atoms. The number of piperidine rings is 1. The molecular weight excluding hydrogens is 426 g/mol. The number of anilines is 2. The van der Waals surface area contributed by atoms with E-state index < -0.39 is 0 Å². The number of hydrogen-bond acceptors (Lipinski definition) is 6. The van der Waals surface area contributed by atoms with E-state index in [1.54, 1.807) is 0 Å². The maximum Gasteiger partial charge on any atom is 0.245 e. The molecule has 0 radical (unpaired) electrons. The lowest BCUT2D eigenvalue weighted by Gasteiger charge is -2.43. The number of carbonyl (C=O) groups excluding carboxylic acids is 1. The topological polar surface area (TPSA) is 102 Å². The summed E-state index contributed by atoms with van der Waals surface area (Å²) in [6, 6.07) is 4.04. The van der Waals surface area contributed by atoms with Gasteiger partial charge in [0.2, 0.25) is 5.91 Å². The first-order chi connectivity index (χ1) is 16.5. The quantitative estimate of drug-likeness (QED) is 0.574. The maximum absolute atomic E-state index is 12.0. The molecule has 176 valence electrons. The number of pyridine rings is 1. The highest BCUT2D eigenvalue weighted by Crippen LogP contribution is 2.48. The third-order valence-electron chi connectivity index (χ3n) is 7.63. The van der Waals surface area contributed by atoms with Crippen LogP contribution in [0, 0.1) is 5.41 Å². The summed E-state index contributed by atoms with van der Waals surface area (Å²) < 4.78 is 2.14. The van der Waals surface area contributed by atoms with Crippen LogP contribution in [0.1, 0.15) is 37.8 Å². The molecule has 0 aromatic carbocycles. The van der Waals surface area contributed by atoms with Crippen molar-refractivity contribution in [1.82, 2.24) is 24.4 Å². The van der Waals surface area contributed by atoms with Crippen LogP contribution in [0.25, 0.3) is 27.7 Å². The summed E-state index contributed by atoms with van der Waals surface area (Å²) in [4.78, 5) is 27.3. The average molecular weight is 458 g/mol. The lowest BCUT2D eigenvalue weighted by atomic mass is 9.68. The molecule has 0 atom stereocenters. The normalized spacial score (nSPS) is 17.6. The second-order valence-corrected chi connectivity index (χ2v) is 9.39. The van der Waals surface area contributed by atoms with Crippen molar-refractivity contribution in [1.29, 1.82) is 0 Å². The molecule has 2 aliphatic rings. The monoisotopic (exact) mass is 457 g/mol. The highest BCUT2D eigenvalue weighted by molar-refractivity contribution is 6.05. The van der Waals surface area contributed by atoms with Gasteiger partial charge >= 0.3 is 0 Å². The van der Waals surface area contributed by atoms with Crippen molar-refractivity contribution in [3.63, 3.8) is 0 Å². The largest absolute Gasteiger partial charge is 0.383 e. The van der Waals surface area contributed by atoms with Crippen LogP contribution >= 0.6 is 0 Å². The molecule has 8 heteroatoms. The van der Waals surface area contributed by atoms with Gasteiger partial charge < -0.3 is 20.5 Å². The highest BCUT2D eigenvalue weighted by Gasteiger charge is 2.37. The second-order valence-electron chi connectivity index (χ2n) is 9.39. The third-order valence-corrected chi connectivity index (χ3v) is 7.63. The summed E-state index contributed by atoms with van der Waals surface area (Å²) in [6.45, 7) is 5.25. The van der Waals surface area contributed by atoms with Gasteiger partial charge in [-0.25, -0.2) is 15.0 Å². The molecule has 8 nitrogen and oxygen atoms in total. The lowest BCUT2D eigenvalue weighted by Crippen LogP contribution is -2.43. The number of allylic oxidation sites excluding steroid dienone is 2. The summed E-state index contributed by atoms with van der Waals surface area (Å²) in [5, 5.41) is 3.95. The summed E-state index contributed by atoms with van der Waals surface area (Å²) >= 11 is 0. The number of aromatic nitrogens is 4. The van der Waals surface area contributed by atoms with Crippen LogP contribution in [0.2, 0.25) is 0 Å². The first-order valence-electron chi connectivity index (χ1n) is 11.8. The Balaban J connectivity index is 1.53. The van der Waals surface area contributed by atoms with E-state index in [0.29, 0.717) is 5.82 Å². The second kappa shape index (κ2) is 8.59. The minimum atomic E-state index is 0.0404. The zero-order valence-electron chi connectivity index (χ0n) is 19.8. The first kappa shape index (κ1) is 22.1. The van der Waals surface area contributed by atoms with E-state index in [-0.39, 0.29) is 11.3 Å². The van der Waals surface area contributed by atoms with Crippen molar-refractivity contribution < 1.29 is 4.79 Å². The molecule has 1 aliphatic carbocycles. The van der Waals surface area contributed by atoms with Crippen molar-refractivity contribution in [3.05, 3.63) is 49.1 Å². The molecular formula is C26H31N7O. The van der Waals surface area contributed by atoms with Crippen LogP contribution in [-0.4, -0.2) is 50.5 Å². The summed E-state index contributed by atoms with van der Waals surface area (Å²) in [5.74, 6) is 1.33. The number of amides is 1. The van der Waals surface area contributed by atoms with E-state index in [1.165, 1.54) is 18.0 Å². The first-order valence-corrected chi connectivity index (χ1v) is 11.8. The van der Waals surface area contributed by atoms with E-state index in [1.807, 2.05) is 31.3 Å². The number of nitrogens with one attached hydrogen (secondary N) is 1. The number of rotatable bonds is 4. The van der Waals surface area contributed by atoms with Gasteiger partial charge in [0.15, 0.2) is 0 Å². The standard InChI is InChI=1S/C26H31N7O/c1-4-20(34)33-13-11-26(12-14-33)9-7-17(8-10-26)23-21(18-5-6-19(28-2)29-15-18)22-24(27)30-16-31-25(22)32(23)3/h4-7,15-16H,1,8-14H2,2-3H3,(H,28,29)(H2,27,30,31). The van der Waals surface area contributed by atoms with Crippen molar-refractivity contribution in [3.8, 4) is 11.1 Å². The van der Waals surface area contributed by atoms with Crippen molar-refractivity contribution in [2.45, 2.75) is 32.1 Å². The smallest absolute Gasteiger partial charge is 0.245 e. The van der Waals surface area contributed by atoms with Gasteiger partial charge in [0.05, 0.1) is 11.1 Å². The van der Waals surface area contributed by atoms with Gasteiger partial charge in [0.25, 0.3) is 0 Å². The van der Waals surface area contributed by atoms with Gasteiger partial charge in [-0.1, -0.05) is 12.7 Å². The van der Waals surface area contributed by atoms with Gasteiger partial charge in [0, 0.05) is 44.5 Å². The molecule has 1 saturated heterocycles. The fraction of sp³-hybridized carbons (Fsp3) is 0.385. The Kier molecular flexibility index (Phi) is 5.59. The molecule has 1 spiro atoms. The Morgan fingerprint density at radius 1 is 1.21 bits per heavy atom. The summed E-state index contributed by atoms with van der Waals surface area (Å²) in [5.41, 5.74) is 11.9. The van der Waals surface area contributed by atoms with Gasteiger partial charge in [-0.3, -0.25) is 4.79 Å². The lowest BCUT2D eigenvalue weighted by molar-refractivity contribution is -0.128. The third kappa shape index (κ3) is 3.63. The number of fused-ring (bicyclic) bond motifs is 1. The number of nitrogens with two attached hydrogens (primary N) is 1. The zero-order chi connectivity index (χ0) is 23.9. The zero-order valence-corrected chi connectivity index (χ0v) is 19.8. The average Bonchev–Trinajstić information content (AvgIpc) is 3.18. The van der Waals surface area contributed by atoms with E-state index in [9.17, 15) is 4.79 Å². The van der Waals surface area contributed by atoms with E-state index in [2.05, 4.69) is 43.6 Å². The predicted octanol–water partition coefficient (Wildman–Crippen LogP) is 4.02. The van der Waals surface area contributed by atoms with E-state index in [4.69, 9.17) is 5.73 Å². The number of hydrogen-bond donors (Lipinski definition) is 2. The number of aryl methyl sites for hydroxylation is 1. The molecule has 1 amide bonds. The minimum Gasteiger partial charge on any atom is -0.383 e. The molecule has 0 unspecified atom stereocenters. The highest BCUT2D eigenvalue weighted by atomic mass is 16.2. The number of carbonyl (C=O) groups is 1. The van der Waals surface area contributed by atoms with Crippen molar-refractivity contribution >= 4 is 34.1 Å². The number of likely N-dealkylation sites (tertiary alicyclic amines) is 1. The van der Waals surface area contributed by atoms with Gasteiger partial charge in [-0.05, 0) is 61.3 Å². The molecule has 0 saturated carbocycles. The number of nitrogens with zero attached hydrogens (tertiary/aromatic N) is 5. The molecule has 1 aliphatic heterocycles. The molecule has 3 aromatic rings. The van der Waals surface area contributed by atoms with Crippen LogP contribution in [0.15, 0.2) is 43.4 Å². The van der Waals surface area contributed by atoms with E-state index in [0.717, 1.165) is 78.9 Å². The molecule has 3 N–H and O–H groups in total. The summed E-state index contributed by atoms with van der Waals surface area (Å²) in [7, 11) is 3.91. The number of nitrogen functional groups attached to an aromatic ring is 1. The Morgan fingerprint density at radius 2 is 2.00 bits per heavy atom. The molecule has 4 heterocycles. The van der Waals surface area contributed by atoms with Gasteiger partial charge in [-0.2, -0.15) is 0 Å². The molecule has 5 rings (SSSR count). The minimum absolute atomic E-state index is 0.0404. The Hall–Kier alpha value is -3.68. The fourth-order valence-corrected chi connectivity index (χ4v) is 5.57. The van der Waals surface area contributed by atoms with Crippen molar-refractivity contribution in [2.75, 3.05) is 31.2 Å². The van der Waals surface area contributed by atoms with E-state index >= 15 is 0 Å². The van der Waals surface area contributed by atoms with Crippen LogP contribution in [-0.2, 0) is 11.8 Å². The van der Waals surface area contributed by atoms with Crippen LogP contribution in [0.3, 0.4) is 0 Å². The van der Waals surface area contributed by atoms with Gasteiger partial charge in [-0.15, -0.1) is 0 Å². The Labute approximate surface area is 199 Å². The molecule has 3 aromatic heterocycles. The predicted molar refractivity (Wildman–Crippen MR) is 136 cm³/mol. The van der Waals surface area contributed by atoms with Crippen LogP contribution < -0.4 is 11.1 Å². The Morgan fingerprint density at radius 3 is 2.62 bits per heavy atom. The van der Waals surface area contributed by atoms with Crippen LogP contribution in [0.5, 0.6) is 0 Å². The Bertz CT molecular complexity index is 1280. The maximum atomic E-state index is 12.0. The summed E-state index contributed by atoms with van der Waals surface area (Å²) in [6.07, 6.45) is 12.4. The molecule has 1 fully saturated rings. The van der Waals surface area contributed by atoms with Gasteiger partial charge in [0.1, 0.15) is 23.6 Å². The van der Waals surface area contributed by atoms with Crippen LogP contribution in [0.4, 0.5) is 11.6 Å².